The first kappa shape index (κ1) is 17.7. The Balaban J connectivity index is 2.08. The lowest BCUT2D eigenvalue weighted by atomic mass is 9.98. The van der Waals surface area contributed by atoms with Crippen molar-refractivity contribution < 1.29 is 18.7 Å². The Bertz CT molecular complexity index is 1010. The molecule has 0 saturated heterocycles. The van der Waals surface area contributed by atoms with Crippen molar-refractivity contribution in [3.63, 3.8) is 0 Å². The molecule has 0 aliphatic rings. The van der Waals surface area contributed by atoms with E-state index in [4.69, 9.17) is 19.6 Å². The second-order valence-corrected chi connectivity index (χ2v) is 5.92. The van der Waals surface area contributed by atoms with Gasteiger partial charge in [0.25, 0.3) is 5.91 Å². The summed E-state index contributed by atoms with van der Waals surface area (Å²) >= 11 is 0. The molecule has 1 atom stereocenters. The second-order valence-electron chi connectivity index (χ2n) is 5.92. The summed E-state index contributed by atoms with van der Waals surface area (Å²) in [6.45, 7) is 2.01. The highest BCUT2D eigenvalue weighted by Gasteiger charge is 2.18. The molecule has 1 amide bonds. The van der Waals surface area contributed by atoms with Gasteiger partial charge in [0.05, 0.1) is 6.61 Å². The summed E-state index contributed by atoms with van der Waals surface area (Å²) in [6, 6.07) is 14.3. The van der Waals surface area contributed by atoms with Crippen molar-refractivity contribution in [2.24, 2.45) is 5.73 Å². The molecule has 0 aliphatic carbocycles. The first-order valence-electron chi connectivity index (χ1n) is 8.08. The molecular weight excluding hydrogens is 334 g/mol. The van der Waals surface area contributed by atoms with Crippen LogP contribution in [0.3, 0.4) is 0 Å². The highest BCUT2D eigenvalue weighted by Crippen LogP contribution is 2.31. The van der Waals surface area contributed by atoms with E-state index in [0.29, 0.717) is 11.3 Å². The number of carbonyl (C=O) groups excluding carboxylic acids is 1. The zero-order valence-electron chi connectivity index (χ0n) is 14.5. The van der Waals surface area contributed by atoms with Crippen LogP contribution >= 0.6 is 0 Å². The monoisotopic (exact) mass is 353 g/mol. The zero-order chi connectivity index (χ0) is 18.7. The lowest BCUT2D eigenvalue weighted by molar-refractivity contribution is -0.126. The van der Waals surface area contributed by atoms with Crippen molar-refractivity contribution in [1.82, 2.24) is 0 Å². The van der Waals surface area contributed by atoms with Crippen molar-refractivity contribution in [2.75, 3.05) is 13.7 Å². The van der Waals surface area contributed by atoms with Gasteiger partial charge in [0.1, 0.15) is 11.3 Å². The molecule has 6 nitrogen and oxygen atoms in total. The fourth-order valence-electron chi connectivity index (χ4n) is 2.80. The highest BCUT2D eigenvalue weighted by molar-refractivity contribution is 5.94. The summed E-state index contributed by atoms with van der Waals surface area (Å²) in [5.74, 6) is -0.273. The lowest BCUT2D eigenvalue weighted by Gasteiger charge is -2.15. The Kier molecular flexibility index (Phi) is 5.04. The van der Waals surface area contributed by atoms with Gasteiger partial charge in [-0.25, -0.2) is 4.79 Å². The number of methoxy groups -OCH3 is 1. The van der Waals surface area contributed by atoms with E-state index in [-0.39, 0.29) is 6.61 Å². The van der Waals surface area contributed by atoms with Gasteiger partial charge in [-0.1, -0.05) is 24.3 Å². The van der Waals surface area contributed by atoms with Crippen LogP contribution in [0.1, 0.15) is 5.56 Å². The number of aryl methyl sites for hydroxylation is 1. The number of fused-ring (bicyclic) bond motifs is 1. The number of primary amides is 1. The number of benzene rings is 2. The summed E-state index contributed by atoms with van der Waals surface area (Å²) in [5, 5.41) is 0.772. The molecule has 0 fully saturated rings. The number of hydrogen-bond acceptors (Lipinski definition) is 5. The van der Waals surface area contributed by atoms with Crippen LogP contribution in [-0.2, 0) is 9.53 Å². The number of nitrogens with two attached hydrogens (primary N) is 1. The number of carbonyl (C=O) groups is 1. The zero-order valence-corrected chi connectivity index (χ0v) is 14.5. The van der Waals surface area contributed by atoms with Crippen molar-refractivity contribution in [1.29, 1.82) is 0 Å². The molecule has 0 aliphatic heterocycles. The molecule has 2 aromatic carbocycles. The molecule has 1 unspecified atom stereocenters. The van der Waals surface area contributed by atoms with Gasteiger partial charge < -0.3 is 19.6 Å². The SMILES string of the molecule is COCC(Oc1ccc2c(-c3ccccc3C)cc(=O)oc2c1)C(N)=O. The van der Waals surface area contributed by atoms with E-state index >= 15 is 0 Å². The van der Waals surface area contributed by atoms with Crippen LogP contribution in [0, 0.1) is 6.92 Å². The van der Waals surface area contributed by atoms with E-state index in [2.05, 4.69) is 0 Å². The Hall–Kier alpha value is -3.12. The standard InChI is InChI=1S/C20H19NO5/c1-12-5-3-4-6-14(12)16-10-19(22)26-17-9-13(7-8-15(16)17)25-18(11-24-2)20(21)23/h3-10,18H,11H2,1-2H3,(H2,21,23). The fraction of sp³-hybridized carbons (Fsp3) is 0.200. The third kappa shape index (κ3) is 3.60. The van der Waals surface area contributed by atoms with Gasteiger partial charge in [-0.05, 0) is 30.2 Å². The lowest BCUT2D eigenvalue weighted by Crippen LogP contribution is -2.37. The quantitative estimate of drug-likeness (QED) is 0.688. The van der Waals surface area contributed by atoms with Crippen LogP contribution in [0.4, 0.5) is 0 Å². The fourth-order valence-corrected chi connectivity index (χ4v) is 2.80. The topological polar surface area (TPSA) is 91.8 Å². The first-order chi connectivity index (χ1) is 12.5. The van der Waals surface area contributed by atoms with Crippen LogP contribution in [0.25, 0.3) is 22.1 Å². The van der Waals surface area contributed by atoms with Gasteiger partial charge in [0, 0.05) is 30.2 Å². The molecule has 0 saturated carbocycles. The van der Waals surface area contributed by atoms with Crippen LogP contribution in [-0.4, -0.2) is 25.7 Å². The van der Waals surface area contributed by atoms with Crippen molar-refractivity contribution in [3.05, 3.63) is 64.5 Å². The normalized spacial score (nSPS) is 12.1. The minimum Gasteiger partial charge on any atom is -0.478 e. The first-order valence-corrected chi connectivity index (χ1v) is 8.08. The van der Waals surface area contributed by atoms with Gasteiger partial charge >= 0.3 is 5.63 Å². The van der Waals surface area contributed by atoms with Crippen molar-refractivity contribution in [3.8, 4) is 16.9 Å². The minimum atomic E-state index is -0.927. The summed E-state index contributed by atoms with van der Waals surface area (Å²) in [5.41, 5.74) is 8.00. The smallest absolute Gasteiger partial charge is 0.336 e. The van der Waals surface area contributed by atoms with Crippen molar-refractivity contribution in [2.45, 2.75) is 13.0 Å². The van der Waals surface area contributed by atoms with E-state index in [1.165, 1.54) is 13.2 Å². The Morgan fingerprint density at radius 3 is 2.62 bits per heavy atom. The molecule has 0 bridgehead atoms. The maximum atomic E-state index is 12.0. The molecular formula is C20H19NO5. The molecule has 134 valence electrons. The average molecular weight is 353 g/mol. The molecule has 26 heavy (non-hydrogen) atoms. The third-order valence-corrected chi connectivity index (χ3v) is 4.06. The molecule has 3 rings (SSSR count). The van der Waals surface area contributed by atoms with E-state index in [1.54, 1.807) is 18.2 Å². The Labute approximate surface area is 150 Å². The maximum absolute atomic E-state index is 12.0. The van der Waals surface area contributed by atoms with Crippen LogP contribution < -0.4 is 16.1 Å². The molecule has 3 aromatic rings. The van der Waals surface area contributed by atoms with Gasteiger partial charge in [-0.3, -0.25) is 4.79 Å². The number of hydrogen-bond donors (Lipinski definition) is 1. The molecule has 0 radical (unpaired) electrons. The largest absolute Gasteiger partial charge is 0.478 e. The predicted molar refractivity (Wildman–Crippen MR) is 98.1 cm³/mol. The van der Waals surface area contributed by atoms with Gasteiger partial charge in [-0.15, -0.1) is 0 Å². The van der Waals surface area contributed by atoms with E-state index in [1.807, 2.05) is 31.2 Å². The van der Waals surface area contributed by atoms with Crippen molar-refractivity contribution >= 4 is 16.9 Å². The third-order valence-electron chi connectivity index (χ3n) is 4.06. The predicted octanol–water partition coefficient (Wildman–Crippen LogP) is 2.65. The number of ether oxygens (including phenoxy) is 2. The molecule has 6 heteroatoms. The molecule has 1 heterocycles. The van der Waals surface area contributed by atoms with E-state index in [0.717, 1.165) is 22.1 Å². The van der Waals surface area contributed by atoms with Crippen LogP contribution in [0.15, 0.2) is 57.7 Å². The van der Waals surface area contributed by atoms with Gasteiger partial charge in [0.2, 0.25) is 0 Å². The Morgan fingerprint density at radius 1 is 1.15 bits per heavy atom. The minimum absolute atomic E-state index is 0.0283. The van der Waals surface area contributed by atoms with E-state index < -0.39 is 17.6 Å². The summed E-state index contributed by atoms with van der Waals surface area (Å²) in [6.07, 6.45) is -0.927. The van der Waals surface area contributed by atoms with Gasteiger partial charge in [0.15, 0.2) is 6.10 Å². The van der Waals surface area contributed by atoms with Crippen LogP contribution in [0.5, 0.6) is 5.75 Å². The highest BCUT2D eigenvalue weighted by atomic mass is 16.5. The number of amides is 1. The second kappa shape index (κ2) is 7.41. The average Bonchev–Trinajstić information content (AvgIpc) is 2.60. The maximum Gasteiger partial charge on any atom is 0.336 e. The van der Waals surface area contributed by atoms with E-state index in [9.17, 15) is 9.59 Å². The Morgan fingerprint density at radius 2 is 1.92 bits per heavy atom. The number of rotatable bonds is 6. The molecule has 1 aromatic heterocycles. The van der Waals surface area contributed by atoms with Crippen LogP contribution in [0.2, 0.25) is 0 Å². The molecule has 2 N–H and O–H groups in total. The van der Waals surface area contributed by atoms with Gasteiger partial charge in [-0.2, -0.15) is 0 Å². The molecule has 0 spiro atoms. The summed E-state index contributed by atoms with van der Waals surface area (Å²) in [4.78, 5) is 23.5. The summed E-state index contributed by atoms with van der Waals surface area (Å²) < 4.78 is 15.8. The summed E-state index contributed by atoms with van der Waals surface area (Å²) in [7, 11) is 1.45.